The van der Waals surface area contributed by atoms with Crippen molar-refractivity contribution >= 4 is 5.91 Å². The Balaban J connectivity index is 1.65. The van der Waals surface area contributed by atoms with Gasteiger partial charge in [0.25, 0.3) is 5.91 Å². The molecule has 1 fully saturated rings. The first-order chi connectivity index (χ1) is 12.2. The Bertz CT molecular complexity index is 734. The van der Waals surface area contributed by atoms with Crippen LogP contribution in [0.15, 0.2) is 42.7 Å². The molecule has 1 amide bonds. The average molecular weight is 338 g/mol. The zero-order valence-electron chi connectivity index (χ0n) is 14.3. The summed E-state index contributed by atoms with van der Waals surface area (Å²) in [6.07, 6.45) is 6.24. The Morgan fingerprint density at radius 2 is 2.20 bits per heavy atom. The number of nitriles is 1. The predicted molar refractivity (Wildman–Crippen MR) is 92.8 cm³/mol. The molecule has 0 aliphatic carbocycles. The number of likely N-dealkylation sites (tertiary alicyclic amines) is 1. The van der Waals surface area contributed by atoms with E-state index in [1.165, 1.54) is 0 Å². The van der Waals surface area contributed by atoms with E-state index in [9.17, 15) is 4.79 Å². The number of aromatic nitrogens is 2. The molecule has 130 valence electrons. The Hall–Kier alpha value is -2.81. The highest BCUT2D eigenvalue weighted by Gasteiger charge is 2.30. The quantitative estimate of drug-likeness (QED) is 0.840. The zero-order valence-corrected chi connectivity index (χ0v) is 14.3. The fraction of sp³-hybridized carbons (Fsp3) is 0.421. The molecular formula is C19H22N4O2. The van der Waals surface area contributed by atoms with Crippen molar-refractivity contribution in [3.05, 3.63) is 48.3 Å². The smallest absolute Gasteiger partial charge is 0.263 e. The minimum atomic E-state index is -0.564. The molecule has 0 unspecified atom stereocenters. The number of amides is 1. The Labute approximate surface area is 147 Å². The van der Waals surface area contributed by atoms with E-state index in [1.54, 1.807) is 37.4 Å². The summed E-state index contributed by atoms with van der Waals surface area (Å²) in [5, 5.41) is 13.1. The van der Waals surface area contributed by atoms with Crippen molar-refractivity contribution in [1.29, 1.82) is 5.26 Å². The van der Waals surface area contributed by atoms with E-state index in [0.29, 0.717) is 17.9 Å². The van der Waals surface area contributed by atoms with Gasteiger partial charge >= 0.3 is 0 Å². The maximum absolute atomic E-state index is 12.9. The lowest BCUT2D eigenvalue weighted by Crippen LogP contribution is -2.50. The molecule has 6 nitrogen and oxygen atoms in total. The van der Waals surface area contributed by atoms with Crippen LogP contribution in [0.1, 0.15) is 31.7 Å². The summed E-state index contributed by atoms with van der Waals surface area (Å²) in [4.78, 5) is 14.8. The molecular weight excluding hydrogens is 316 g/mol. The van der Waals surface area contributed by atoms with E-state index < -0.39 is 6.10 Å². The van der Waals surface area contributed by atoms with E-state index in [-0.39, 0.29) is 11.9 Å². The summed E-state index contributed by atoms with van der Waals surface area (Å²) in [6, 6.07) is 10.9. The third-order valence-corrected chi connectivity index (χ3v) is 4.51. The second-order valence-electron chi connectivity index (χ2n) is 6.31. The van der Waals surface area contributed by atoms with E-state index in [2.05, 4.69) is 11.2 Å². The predicted octanol–water partition coefficient (Wildman–Crippen LogP) is 2.60. The third-order valence-electron chi connectivity index (χ3n) is 4.51. The van der Waals surface area contributed by atoms with Gasteiger partial charge in [-0.15, -0.1) is 0 Å². The number of benzene rings is 1. The van der Waals surface area contributed by atoms with Crippen molar-refractivity contribution in [2.45, 2.75) is 44.9 Å². The highest BCUT2D eigenvalue weighted by molar-refractivity contribution is 5.81. The van der Waals surface area contributed by atoms with Crippen LogP contribution >= 0.6 is 0 Å². The topological polar surface area (TPSA) is 71.2 Å². The molecule has 1 aromatic heterocycles. The van der Waals surface area contributed by atoms with Crippen LogP contribution in [0.25, 0.3) is 0 Å². The van der Waals surface area contributed by atoms with Crippen molar-refractivity contribution in [2.24, 2.45) is 0 Å². The fourth-order valence-electron chi connectivity index (χ4n) is 3.20. The standard InChI is InChI=1S/C19H22N4O2/c1-15(25-18-8-6-16(13-20)7-9-18)19(24)23-12-3-2-5-17(23)14-22-11-4-10-21-22/h4,6-11,15,17H,2-3,5,12,14H2,1H3/t15-,17+/m0/s1. The summed E-state index contributed by atoms with van der Waals surface area (Å²) < 4.78 is 7.67. The van der Waals surface area contributed by atoms with Crippen molar-refractivity contribution in [3.63, 3.8) is 0 Å². The van der Waals surface area contributed by atoms with Gasteiger partial charge in [-0.2, -0.15) is 10.4 Å². The van der Waals surface area contributed by atoms with Crippen LogP contribution < -0.4 is 4.74 Å². The van der Waals surface area contributed by atoms with Gasteiger partial charge in [0.05, 0.1) is 24.2 Å². The van der Waals surface area contributed by atoms with Crippen LogP contribution in [0.5, 0.6) is 5.75 Å². The number of hydrogen-bond donors (Lipinski definition) is 0. The summed E-state index contributed by atoms with van der Waals surface area (Å²) in [5.41, 5.74) is 0.571. The minimum Gasteiger partial charge on any atom is -0.481 e. The van der Waals surface area contributed by atoms with Gasteiger partial charge in [-0.05, 0) is 56.5 Å². The number of rotatable bonds is 5. The monoisotopic (exact) mass is 338 g/mol. The molecule has 0 spiro atoms. The van der Waals surface area contributed by atoms with Crippen LogP contribution in [0.3, 0.4) is 0 Å². The second kappa shape index (κ2) is 7.84. The minimum absolute atomic E-state index is 0.00113. The van der Waals surface area contributed by atoms with Gasteiger partial charge in [-0.3, -0.25) is 9.48 Å². The van der Waals surface area contributed by atoms with Crippen molar-refractivity contribution in [2.75, 3.05) is 6.54 Å². The Kier molecular flexibility index (Phi) is 5.34. The molecule has 1 aliphatic heterocycles. The Morgan fingerprint density at radius 3 is 2.88 bits per heavy atom. The van der Waals surface area contributed by atoms with Crippen LogP contribution in [-0.4, -0.2) is 39.3 Å². The molecule has 6 heteroatoms. The summed E-state index contributed by atoms with van der Waals surface area (Å²) in [6.45, 7) is 3.24. The van der Waals surface area contributed by atoms with Gasteiger partial charge in [0.2, 0.25) is 0 Å². The van der Waals surface area contributed by atoms with Gasteiger partial charge in [0.15, 0.2) is 6.10 Å². The number of piperidine rings is 1. The molecule has 1 saturated heterocycles. The lowest BCUT2D eigenvalue weighted by atomic mass is 10.0. The van der Waals surface area contributed by atoms with Gasteiger partial charge in [-0.1, -0.05) is 0 Å². The summed E-state index contributed by atoms with van der Waals surface area (Å²) in [5.74, 6) is 0.599. The molecule has 2 atom stereocenters. The molecule has 3 rings (SSSR count). The Morgan fingerprint density at radius 1 is 1.40 bits per heavy atom. The average Bonchev–Trinajstić information content (AvgIpc) is 3.15. The fourth-order valence-corrected chi connectivity index (χ4v) is 3.20. The zero-order chi connectivity index (χ0) is 17.6. The first-order valence-corrected chi connectivity index (χ1v) is 8.62. The molecule has 2 aromatic rings. The normalized spacial score (nSPS) is 18.4. The lowest BCUT2D eigenvalue weighted by molar-refractivity contribution is -0.142. The van der Waals surface area contributed by atoms with E-state index >= 15 is 0 Å². The van der Waals surface area contributed by atoms with E-state index in [4.69, 9.17) is 10.00 Å². The first kappa shape index (κ1) is 17.0. The number of carbonyl (C=O) groups excluding carboxylic acids is 1. The molecule has 0 bridgehead atoms. The molecule has 0 saturated carbocycles. The van der Waals surface area contributed by atoms with Gasteiger partial charge in [0, 0.05) is 18.9 Å². The highest BCUT2D eigenvalue weighted by Crippen LogP contribution is 2.21. The van der Waals surface area contributed by atoms with Crippen molar-refractivity contribution < 1.29 is 9.53 Å². The highest BCUT2D eigenvalue weighted by atomic mass is 16.5. The van der Waals surface area contributed by atoms with Gasteiger partial charge in [0.1, 0.15) is 5.75 Å². The number of ether oxygens (including phenoxy) is 1. The van der Waals surface area contributed by atoms with Crippen LogP contribution in [0, 0.1) is 11.3 Å². The SMILES string of the molecule is C[C@H](Oc1ccc(C#N)cc1)C(=O)N1CCCC[C@@H]1Cn1cccn1. The summed E-state index contributed by atoms with van der Waals surface area (Å²) in [7, 11) is 0. The van der Waals surface area contributed by atoms with Crippen LogP contribution in [0.2, 0.25) is 0 Å². The second-order valence-corrected chi connectivity index (χ2v) is 6.31. The van der Waals surface area contributed by atoms with Gasteiger partial charge in [-0.25, -0.2) is 0 Å². The molecule has 1 aliphatic rings. The molecule has 0 N–H and O–H groups in total. The van der Waals surface area contributed by atoms with Gasteiger partial charge < -0.3 is 9.64 Å². The van der Waals surface area contributed by atoms with Crippen LogP contribution in [-0.2, 0) is 11.3 Å². The third kappa shape index (κ3) is 4.18. The van der Waals surface area contributed by atoms with Crippen molar-refractivity contribution in [1.82, 2.24) is 14.7 Å². The number of nitrogens with zero attached hydrogens (tertiary/aromatic N) is 4. The largest absolute Gasteiger partial charge is 0.481 e. The summed E-state index contributed by atoms with van der Waals surface area (Å²) >= 11 is 0. The maximum Gasteiger partial charge on any atom is 0.263 e. The van der Waals surface area contributed by atoms with Crippen LogP contribution in [0.4, 0.5) is 0 Å². The molecule has 25 heavy (non-hydrogen) atoms. The lowest BCUT2D eigenvalue weighted by Gasteiger charge is -2.37. The number of carbonyl (C=O) groups is 1. The number of hydrogen-bond acceptors (Lipinski definition) is 4. The molecule has 2 heterocycles. The van der Waals surface area contributed by atoms with E-state index in [1.807, 2.05) is 21.8 Å². The molecule has 1 aromatic carbocycles. The molecule has 0 radical (unpaired) electrons. The van der Waals surface area contributed by atoms with E-state index in [0.717, 1.165) is 25.8 Å². The maximum atomic E-state index is 12.9. The first-order valence-electron chi connectivity index (χ1n) is 8.62. The van der Waals surface area contributed by atoms with Crippen molar-refractivity contribution in [3.8, 4) is 11.8 Å².